The highest BCUT2D eigenvalue weighted by molar-refractivity contribution is 5.88. The lowest BCUT2D eigenvalue weighted by Gasteiger charge is -2.26. The minimum Gasteiger partial charge on any atom is -0.390 e. The zero-order valence-electron chi connectivity index (χ0n) is 21.9. The molecule has 3 amide bonds. The van der Waals surface area contributed by atoms with Crippen LogP contribution in [0.1, 0.15) is 90.0 Å². The molecule has 0 radical (unpaired) electrons. The monoisotopic (exact) mass is 505 g/mol. The van der Waals surface area contributed by atoms with Crippen molar-refractivity contribution in [1.82, 2.24) is 16.0 Å². The largest absolute Gasteiger partial charge is 0.390 e. The Morgan fingerprint density at radius 1 is 0.861 bits per heavy atom. The molecule has 0 bridgehead atoms. The number of rotatable bonds is 3. The third kappa shape index (κ3) is 11.5. The fourth-order valence-corrected chi connectivity index (χ4v) is 4.51. The van der Waals surface area contributed by atoms with E-state index in [4.69, 9.17) is 0 Å². The van der Waals surface area contributed by atoms with Crippen LogP contribution in [0.25, 0.3) is 0 Å². The minimum absolute atomic E-state index is 0.123. The average molecular weight is 506 g/mol. The summed E-state index contributed by atoms with van der Waals surface area (Å²) >= 11 is 0. The van der Waals surface area contributed by atoms with Gasteiger partial charge in [0, 0.05) is 13.0 Å². The number of hydrogen-bond donors (Lipinski definition) is 4. The van der Waals surface area contributed by atoms with Crippen molar-refractivity contribution in [3.63, 3.8) is 0 Å². The van der Waals surface area contributed by atoms with Crippen LogP contribution in [-0.4, -0.2) is 47.6 Å². The lowest BCUT2D eigenvalue weighted by molar-refractivity contribution is -0.131. The average Bonchev–Trinajstić information content (AvgIpc) is 2.83. The molecule has 1 aromatic rings. The van der Waals surface area contributed by atoms with Gasteiger partial charge in [0.2, 0.25) is 17.7 Å². The van der Waals surface area contributed by atoms with Crippen LogP contribution in [0, 0.1) is 11.7 Å². The van der Waals surface area contributed by atoms with Crippen LogP contribution >= 0.6 is 0 Å². The molecule has 0 saturated carbocycles. The van der Waals surface area contributed by atoms with Gasteiger partial charge >= 0.3 is 0 Å². The SMILES string of the molecule is CC(C)[C@@H]1NC(=O)C[C@H](O)[C@H](Cc2ccc(F)cc2)NC(=O)CCCCCCCCCCCNC1=O. The molecule has 1 heterocycles. The molecule has 4 N–H and O–H groups in total. The van der Waals surface area contributed by atoms with Crippen LogP contribution in [0.15, 0.2) is 24.3 Å². The maximum Gasteiger partial charge on any atom is 0.242 e. The number of amides is 3. The number of benzene rings is 1. The molecule has 0 spiro atoms. The van der Waals surface area contributed by atoms with Crippen LogP contribution in [-0.2, 0) is 20.8 Å². The number of carbonyl (C=O) groups is 3. The first-order chi connectivity index (χ1) is 17.3. The van der Waals surface area contributed by atoms with E-state index in [0.717, 1.165) is 50.5 Å². The van der Waals surface area contributed by atoms with Gasteiger partial charge in [-0.25, -0.2) is 4.39 Å². The quantitative estimate of drug-likeness (QED) is 0.502. The van der Waals surface area contributed by atoms with Crippen LogP contribution in [0.3, 0.4) is 0 Å². The van der Waals surface area contributed by atoms with E-state index in [1.54, 1.807) is 12.1 Å². The highest BCUT2D eigenvalue weighted by Crippen LogP contribution is 2.14. The number of aliphatic hydroxyl groups excluding tert-OH is 1. The van der Waals surface area contributed by atoms with Crippen LogP contribution < -0.4 is 16.0 Å². The second kappa shape index (κ2) is 16.3. The molecule has 2 rings (SSSR count). The van der Waals surface area contributed by atoms with Crippen molar-refractivity contribution in [2.24, 2.45) is 5.92 Å². The first-order valence-corrected chi connectivity index (χ1v) is 13.5. The Hall–Kier alpha value is -2.48. The predicted octanol–water partition coefficient (Wildman–Crippen LogP) is 3.78. The van der Waals surface area contributed by atoms with Crippen molar-refractivity contribution in [3.8, 4) is 0 Å². The molecule has 8 heteroatoms. The third-order valence-corrected chi connectivity index (χ3v) is 6.72. The van der Waals surface area contributed by atoms with Gasteiger partial charge in [0.1, 0.15) is 11.9 Å². The summed E-state index contributed by atoms with van der Waals surface area (Å²) in [5, 5.41) is 19.5. The summed E-state index contributed by atoms with van der Waals surface area (Å²) in [5.41, 5.74) is 0.742. The first kappa shape index (κ1) is 29.7. The predicted molar refractivity (Wildman–Crippen MR) is 139 cm³/mol. The second-order valence-electron chi connectivity index (χ2n) is 10.3. The van der Waals surface area contributed by atoms with Gasteiger partial charge < -0.3 is 21.1 Å². The lowest BCUT2D eigenvalue weighted by atomic mass is 9.97. The minimum atomic E-state index is -1.16. The van der Waals surface area contributed by atoms with E-state index in [1.165, 1.54) is 25.0 Å². The zero-order valence-corrected chi connectivity index (χ0v) is 21.9. The molecule has 1 aromatic carbocycles. The topological polar surface area (TPSA) is 108 Å². The van der Waals surface area contributed by atoms with Gasteiger partial charge in [-0.05, 0) is 42.9 Å². The summed E-state index contributed by atoms with van der Waals surface area (Å²) in [6.45, 7) is 4.30. The van der Waals surface area contributed by atoms with E-state index in [1.807, 2.05) is 13.8 Å². The van der Waals surface area contributed by atoms with E-state index in [9.17, 15) is 23.9 Å². The van der Waals surface area contributed by atoms with Gasteiger partial charge in [0.15, 0.2) is 0 Å². The Bertz CT molecular complexity index is 816. The summed E-state index contributed by atoms with van der Waals surface area (Å²) < 4.78 is 13.3. The van der Waals surface area contributed by atoms with Crippen molar-refractivity contribution >= 4 is 17.7 Å². The van der Waals surface area contributed by atoms with Gasteiger partial charge in [-0.3, -0.25) is 14.4 Å². The molecule has 0 aliphatic carbocycles. The number of carbonyl (C=O) groups excluding carboxylic acids is 3. The molecule has 3 atom stereocenters. The number of aliphatic hydroxyl groups is 1. The number of hydrogen-bond acceptors (Lipinski definition) is 4. The number of nitrogens with one attached hydrogen (secondary N) is 3. The highest BCUT2D eigenvalue weighted by atomic mass is 19.1. The molecule has 7 nitrogen and oxygen atoms in total. The zero-order chi connectivity index (χ0) is 26.3. The summed E-state index contributed by atoms with van der Waals surface area (Å²) in [7, 11) is 0. The van der Waals surface area contributed by atoms with Gasteiger partial charge in [-0.1, -0.05) is 70.9 Å². The Morgan fingerprint density at radius 3 is 2.06 bits per heavy atom. The number of halogens is 1. The van der Waals surface area contributed by atoms with Crippen LogP contribution in [0.4, 0.5) is 4.39 Å². The van der Waals surface area contributed by atoms with Gasteiger partial charge in [-0.15, -0.1) is 0 Å². The molecule has 0 unspecified atom stereocenters. The summed E-state index contributed by atoms with van der Waals surface area (Å²) in [6, 6.07) is 4.45. The molecule has 1 aliphatic heterocycles. The Morgan fingerprint density at radius 2 is 1.44 bits per heavy atom. The molecule has 1 aliphatic rings. The summed E-state index contributed by atoms with van der Waals surface area (Å²) in [6.07, 6.45) is 8.61. The van der Waals surface area contributed by atoms with Crippen molar-refractivity contribution in [2.45, 2.75) is 109 Å². The molecule has 1 fully saturated rings. The molecular weight excluding hydrogens is 461 g/mol. The van der Waals surface area contributed by atoms with E-state index in [-0.39, 0.29) is 36.4 Å². The van der Waals surface area contributed by atoms with E-state index in [2.05, 4.69) is 16.0 Å². The molecule has 202 valence electrons. The molecule has 1 saturated heterocycles. The maximum absolute atomic E-state index is 13.3. The van der Waals surface area contributed by atoms with E-state index in [0.29, 0.717) is 13.0 Å². The maximum atomic E-state index is 13.3. The van der Waals surface area contributed by atoms with Gasteiger partial charge in [0.25, 0.3) is 0 Å². The fraction of sp³-hybridized carbons (Fsp3) is 0.679. The first-order valence-electron chi connectivity index (χ1n) is 13.5. The summed E-state index contributed by atoms with van der Waals surface area (Å²) in [4.78, 5) is 38.1. The van der Waals surface area contributed by atoms with Crippen molar-refractivity contribution in [2.75, 3.05) is 6.54 Å². The molecule has 36 heavy (non-hydrogen) atoms. The second-order valence-corrected chi connectivity index (χ2v) is 10.3. The van der Waals surface area contributed by atoms with Crippen molar-refractivity contribution in [3.05, 3.63) is 35.6 Å². The van der Waals surface area contributed by atoms with Gasteiger partial charge in [0.05, 0.1) is 18.6 Å². The Balaban J connectivity index is 2.10. The highest BCUT2D eigenvalue weighted by Gasteiger charge is 2.28. The van der Waals surface area contributed by atoms with Crippen LogP contribution in [0.5, 0.6) is 0 Å². The van der Waals surface area contributed by atoms with Crippen LogP contribution in [0.2, 0.25) is 0 Å². The van der Waals surface area contributed by atoms with Crippen molar-refractivity contribution < 1.29 is 23.9 Å². The fourth-order valence-electron chi connectivity index (χ4n) is 4.51. The third-order valence-electron chi connectivity index (χ3n) is 6.72. The molecule has 0 aromatic heterocycles. The summed E-state index contributed by atoms with van der Waals surface area (Å²) in [5.74, 6) is -1.35. The van der Waals surface area contributed by atoms with E-state index < -0.39 is 24.1 Å². The smallest absolute Gasteiger partial charge is 0.242 e. The lowest BCUT2D eigenvalue weighted by Crippen LogP contribution is -2.52. The Labute approximate surface area is 215 Å². The van der Waals surface area contributed by atoms with E-state index >= 15 is 0 Å². The Kier molecular flexibility index (Phi) is 13.5. The van der Waals surface area contributed by atoms with Gasteiger partial charge in [-0.2, -0.15) is 0 Å². The molecular formula is C28H44FN3O4. The standard InChI is InChI=1S/C28H44FN3O4/c1-20(2)27-28(36)30-17-11-9-7-5-3-4-6-8-10-12-25(34)31-23(24(33)19-26(35)32-27)18-21-13-15-22(29)16-14-21/h13-16,20,23-24,27,33H,3-12,17-19H2,1-2H3,(H,30,36)(H,31,34)(H,32,35)/t23-,24-,27-/m0/s1. The normalized spacial score (nSPS) is 24.8. The van der Waals surface area contributed by atoms with Crippen molar-refractivity contribution in [1.29, 1.82) is 0 Å².